The van der Waals surface area contributed by atoms with Crippen LogP contribution in [-0.2, 0) is 11.4 Å². The van der Waals surface area contributed by atoms with Gasteiger partial charge in [0.2, 0.25) is 0 Å². The molecule has 0 unspecified atom stereocenters. The van der Waals surface area contributed by atoms with Crippen molar-refractivity contribution in [2.45, 2.75) is 6.54 Å². The van der Waals surface area contributed by atoms with Crippen molar-refractivity contribution in [3.8, 4) is 11.3 Å². The summed E-state index contributed by atoms with van der Waals surface area (Å²) in [5.74, 6) is 0. The smallest absolute Gasteiger partial charge is 0.312 e. The van der Waals surface area contributed by atoms with Gasteiger partial charge in [0.1, 0.15) is 0 Å². The minimum absolute atomic E-state index is 0.204. The summed E-state index contributed by atoms with van der Waals surface area (Å²) in [4.78, 5) is 21.2. The van der Waals surface area contributed by atoms with Gasteiger partial charge in [0, 0.05) is 18.3 Å². The highest BCUT2D eigenvalue weighted by Crippen LogP contribution is 2.19. The molecule has 0 fully saturated rings. The molecule has 0 atom stereocenters. The number of hydroxylamine groups is 1. The van der Waals surface area contributed by atoms with Crippen LogP contribution in [0.1, 0.15) is 5.56 Å². The summed E-state index contributed by atoms with van der Waals surface area (Å²) in [7, 11) is 1.57. The van der Waals surface area contributed by atoms with Crippen LogP contribution < -0.4 is 11.2 Å². The number of H-pyrrole nitrogens is 2. The molecule has 0 aliphatic carbocycles. The van der Waals surface area contributed by atoms with E-state index in [1.165, 1.54) is 0 Å². The molecule has 0 spiro atoms. The van der Waals surface area contributed by atoms with Crippen molar-refractivity contribution < 1.29 is 4.84 Å². The lowest BCUT2D eigenvalue weighted by atomic mass is 10.1. The number of aromatic nitrogens is 2. The van der Waals surface area contributed by atoms with Crippen LogP contribution in [0.15, 0.2) is 35.3 Å². The second-order valence-corrected chi connectivity index (χ2v) is 3.34. The fraction of sp³-hybridized carbons (Fsp3) is 0.182. The Kier molecular flexibility index (Phi) is 3.19. The summed E-state index contributed by atoms with van der Waals surface area (Å²) in [6.07, 6.45) is 1.66. The molecule has 16 heavy (non-hydrogen) atoms. The van der Waals surface area contributed by atoms with Crippen molar-refractivity contribution in [2.24, 2.45) is 0 Å². The Morgan fingerprint density at radius 2 is 2.19 bits per heavy atom. The highest BCUT2D eigenvalue weighted by Gasteiger charge is 2.05. The van der Waals surface area contributed by atoms with Crippen LogP contribution in [0.4, 0.5) is 0 Å². The van der Waals surface area contributed by atoms with Gasteiger partial charge >= 0.3 is 5.69 Å². The van der Waals surface area contributed by atoms with Gasteiger partial charge in [-0.25, -0.2) is 4.79 Å². The third-order valence-electron chi connectivity index (χ3n) is 2.31. The third kappa shape index (κ3) is 2.21. The molecule has 0 saturated heterocycles. The van der Waals surface area contributed by atoms with E-state index in [-0.39, 0.29) is 5.69 Å². The molecule has 5 heteroatoms. The molecule has 0 saturated carbocycles. The normalized spacial score (nSPS) is 10.6. The van der Waals surface area contributed by atoms with Crippen molar-refractivity contribution in [1.82, 2.24) is 15.4 Å². The van der Waals surface area contributed by atoms with Gasteiger partial charge in [0.25, 0.3) is 0 Å². The first-order valence-corrected chi connectivity index (χ1v) is 4.93. The average molecular weight is 219 g/mol. The molecule has 2 rings (SSSR count). The number of aromatic amines is 2. The van der Waals surface area contributed by atoms with Crippen molar-refractivity contribution >= 4 is 0 Å². The quantitative estimate of drug-likeness (QED) is 0.672. The van der Waals surface area contributed by atoms with Crippen LogP contribution in [0.25, 0.3) is 11.3 Å². The molecule has 1 heterocycles. The largest absolute Gasteiger partial charge is 0.323 e. The maximum Gasteiger partial charge on any atom is 0.323 e. The Morgan fingerprint density at radius 1 is 1.38 bits per heavy atom. The molecule has 0 amide bonds. The Hall–Kier alpha value is -1.85. The van der Waals surface area contributed by atoms with Gasteiger partial charge in [-0.2, -0.15) is 5.48 Å². The van der Waals surface area contributed by atoms with Gasteiger partial charge in [-0.05, 0) is 5.56 Å². The predicted molar refractivity (Wildman–Crippen MR) is 60.7 cm³/mol. The fourth-order valence-electron chi connectivity index (χ4n) is 1.56. The van der Waals surface area contributed by atoms with Crippen LogP contribution in [-0.4, -0.2) is 17.1 Å². The SMILES string of the molecule is CONCc1ccccc1-c1c[nH]c(=O)[nH]1. The lowest BCUT2D eigenvalue weighted by Crippen LogP contribution is -2.11. The minimum Gasteiger partial charge on any atom is -0.312 e. The second kappa shape index (κ2) is 4.78. The zero-order valence-corrected chi connectivity index (χ0v) is 8.91. The molecule has 5 nitrogen and oxygen atoms in total. The van der Waals surface area contributed by atoms with E-state index >= 15 is 0 Å². The van der Waals surface area contributed by atoms with E-state index in [9.17, 15) is 4.79 Å². The molecule has 84 valence electrons. The summed E-state index contributed by atoms with van der Waals surface area (Å²) in [6.45, 7) is 0.583. The highest BCUT2D eigenvalue weighted by atomic mass is 16.6. The molecule has 1 aromatic heterocycles. The minimum atomic E-state index is -0.204. The molecule has 0 aliphatic rings. The summed E-state index contributed by atoms with van der Waals surface area (Å²) < 4.78 is 0. The predicted octanol–water partition coefficient (Wildman–Crippen LogP) is 1.02. The summed E-state index contributed by atoms with van der Waals surface area (Å²) in [5.41, 5.74) is 5.38. The monoisotopic (exact) mass is 219 g/mol. The topological polar surface area (TPSA) is 69.9 Å². The molecular weight excluding hydrogens is 206 g/mol. The summed E-state index contributed by atoms with van der Waals surface area (Å²) in [6, 6.07) is 7.80. The van der Waals surface area contributed by atoms with Crippen molar-refractivity contribution in [2.75, 3.05) is 7.11 Å². The van der Waals surface area contributed by atoms with Crippen molar-refractivity contribution in [3.63, 3.8) is 0 Å². The van der Waals surface area contributed by atoms with Crippen molar-refractivity contribution in [3.05, 3.63) is 46.5 Å². The van der Waals surface area contributed by atoms with E-state index in [1.54, 1.807) is 13.3 Å². The molecular formula is C11H13N3O2. The van der Waals surface area contributed by atoms with E-state index in [2.05, 4.69) is 15.4 Å². The highest BCUT2D eigenvalue weighted by molar-refractivity contribution is 5.62. The molecule has 0 aliphatic heterocycles. The first-order chi connectivity index (χ1) is 7.81. The lowest BCUT2D eigenvalue weighted by Gasteiger charge is -2.07. The first kappa shape index (κ1) is 10.7. The first-order valence-electron chi connectivity index (χ1n) is 4.93. The number of hydrogen-bond acceptors (Lipinski definition) is 3. The van der Waals surface area contributed by atoms with Gasteiger partial charge in [-0.3, -0.25) is 0 Å². The van der Waals surface area contributed by atoms with Gasteiger partial charge in [-0.15, -0.1) is 0 Å². The number of benzene rings is 1. The van der Waals surface area contributed by atoms with E-state index in [1.807, 2.05) is 24.3 Å². The van der Waals surface area contributed by atoms with Crippen LogP contribution >= 0.6 is 0 Å². The van der Waals surface area contributed by atoms with Crippen molar-refractivity contribution in [1.29, 1.82) is 0 Å². The number of imidazole rings is 1. The Balaban J connectivity index is 2.36. The standard InChI is InChI=1S/C11H13N3O2/c1-16-13-6-8-4-2-3-5-9(8)10-7-12-11(15)14-10/h2-5,7,13H,6H2,1H3,(H2,12,14,15). The fourth-order valence-corrected chi connectivity index (χ4v) is 1.56. The lowest BCUT2D eigenvalue weighted by molar-refractivity contribution is 0.0868. The molecule has 2 aromatic rings. The van der Waals surface area contributed by atoms with Crippen LogP contribution in [0.5, 0.6) is 0 Å². The van der Waals surface area contributed by atoms with Crippen LogP contribution in [0.3, 0.4) is 0 Å². The van der Waals surface area contributed by atoms with Gasteiger partial charge in [0.15, 0.2) is 0 Å². The van der Waals surface area contributed by atoms with Crippen LogP contribution in [0, 0.1) is 0 Å². The van der Waals surface area contributed by atoms with E-state index < -0.39 is 0 Å². The molecule has 0 radical (unpaired) electrons. The molecule has 0 bridgehead atoms. The van der Waals surface area contributed by atoms with Crippen LogP contribution in [0.2, 0.25) is 0 Å². The molecule has 1 aromatic carbocycles. The summed E-state index contributed by atoms with van der Waals surface area (Å²) in [5, 5.41) is 0. The maximum absolute atomic E-state index is 11.0. The van der Waals surface area contributed by atoms with Gasteiger partial charge in [0.05, 0.1) is 12.8 Å². The summed E-state index contributed by atoms with van der Waals surface area (Å²) >= 11 is 0. The van der Waals surface area contributed by atoms with E-state index in [0.717, 1.165) is 16.8 Å². The Bertz CT molecular complexity index is 516. The number of hydrogen-bond donors (Lipinski definition) is 3. The number of rotatable bonds is 4. The number of nitrogens with one attached hydrogen (secondary N) is 3. The van der Waals surface area contributed by atoms with Gasteiger partial charge < -0.3 is 14.8 Å². The Morgan fingerprint density at radius 3 is 2.88 bits per heavy atom. The molecule has 3 N–H and O–H groups in total. The van der Waals surface area contributed by atoms with E-state index in [4.69, 9.17) is 4.84 Å². The zero-order chi connectivity index (χ0) is 11.4. The average Bonchev–Trinajstić information content (AvgIpc) is 2.73. The maximum atomic E-state index is 11.0. The Labute approximate surface area is 92.4 Å². The van der Waals surface area contributed by atoms with Gasteiger partial charge in [-0.1, -0.05) is 24.3 Å². The zero-order valence-electron chi connectivity index (χ0n) is 8.91. The second-order valence-electron chi connectivity index (χ2n) is 3.34. The third-order valence-corrected chi connectivity index (χ3v) is 2.31. The van der Waals surface area contributed by atoms with E-state index in [0.29, 0.717) is 6.54 Å².